The Morgan fingerprint density at radius 2 is 0.711 bits per heavy atom. The predicted molar refractivity (Wildman–Crippen MR) is 172 cm³/mol. The minimum atomic E-state index is -4.74. The number of hydrogen-bond donors (Lipinski definition) is 2. The summed E-state index contributed by atoms with van der Waals surface area (Å²) in [5.74, 6) is 0.371. The molecular weight excluding hydrogens is 657 g/mol. The van der Waals surface area contributed by atoms with E-state index in [-0.39, 0.29) is 62.5 Å². The molecule has 0 aliphatic heterocycles. The molecule has 0 bridgehead atoms. The van der Waals surface area contributed by atoms with Gasteiger partial charge in [0.05, 0.1) is 0 Å². The van der Waals surface area contributed by atoms with Crippen LogP contribution in [-0.2, 0) is 47.3 Å². The van der Waals surface area contributed by atoms with Gasteiger partial charge in [0, 0.05) is 27.8 Å². The molecule has 11 heteroatoms. The number of rotatable bonds is 6. The van der Waals surface area contributed by atoms with E-state index in [2.05, 4.69) is 0 Å². The normalized spacial score (nSPS) is 14.6. The van der Waals surface area contributed by atoms with Crippen molar-refractivity contribution in [2.75, 3.05) is 0 Å². The van der Waals surface area contributed by atoms with Crippen molar-refractivity contribution in [2.45, 2.75) is 143 Å². The van der Waals surface area contributed by atoms with Crippen LogP contribution in [-0.4, -0.2) is 10.2 Å². The third-order valence-electron chi connectivity index (χ3n) is 7.80. The Hall–Kier alpha value is -1.17. The maximum atomic E-state index is 11.6. The number of benzene rings is 2. The van der Waals surface area contributed by atoms with E-state index in [0.717, 1.165) is 0 Å². The quantitative estimate of drug-likeness (QED) is 0.247. The van der Waals surface area contributed by atoms with Gasteiger partial charge in [-0.15, -0.1) is 0 Å². The summed E-state index contributed by atoms with van der Waals surface area (Å²) in [5.41, 5.74) is 0.0924. The van der Waals surface area contributed by atoms with Crippen LogP contribution in [0.25, 0.3) is 0 Å². The summed E-state index contributed by atoms with van der Waals surface area (Å²) in [6, 6.07) is 6.67. The Labute approximate surface area is 281 Å². The zero-order valence-corrected chi connectivity index (χ0v) is 32.2. The topological polar surface area (TPSA) is 167 Å². The van der Waals surface area contributed by atoms with Crippen LogP contribution in [0, 0.1) is 0 Å². The summed E-state index contributed by atoms with van der Waals surface area (Å²) in [6.45, 7) is 26.8. The summed E-state index contributed by atoms with van der Waals surface area (Å²) in [7, 11) is -9.48. The van der Waals surface area contributed by atoms with Crippen molar-refractivity contribution >= 4 is 15.2 Å². The molecule has 2 N–H and O–H groups in total. The molecule has 45 heavy (non-hydrogen) atoms. The molecule has 2 atom stereocenters. The maximum Gasteiger partial charge on any atom is 0.123 e. The third-order valence-corrected chi connectivity index (χ3v) is 10.7. The molecule has 0 saturated heterocycles. The molecule has 0 heterocycles. The molecule has 0 aromatic heterocycles. The molecule has 262 valence electrons. The maximum absolute atomic E-state index is 11.6. The van der Waals surface area contributed by atoms with Crippen LogP contribution in [0.15, 0.2) is 24.3 Å². The van der Waals surface area contributed by atoms with Crippen LogP contribution < -0.4 is 19.6 Å². The summed E-state index contributed by atoms with van der Waals surface area (Å²) >= 11 is 0. The minimum Gasteiger partial charge on any atom is -0.810 e. The van der Waals surface area contributed by atoms with E-state index < -0.39 is 26.5 Å². The fourth-order valence-electron chi connectivity index (χ4n) is 5.27. The fraction of sp³-hybridized carbons (Fsp3) is 0.647. The second-order valence-corrected chi connectivity index (χ2v) is 19.3. The molecule has 0 spiro atoms. The number of phenolic OH excluding ortho intramolecular Hbond substituents is 2. The Balaban J connectivity index is 0.000000842. The number of phenols is 2. The van der Waals surface area contributed by atoms with Crippen molar-refractivity contribution in [3.05, 3.63) is 57.6 Å². The zero-order chi connectivity index (χ0) is 35.0. The largest absolute Gasteiger partial charge is 0.810 e. The number of aromatic hydroxyl groups is 2. The molecular formula is C34H54NiO8P2-4. The molecule has 2 aromatic carbocycles. The molecule has 0 amide bonds. The van der Waals surface area contributed by atoms with Crippen molar-refractivity contribution in [1.29, 1.82) is 0 Å². The van der Waals surface area contributed by atoms with Crippen LogP contribution in [0.4, 0.5) is 0 Å². The van der Waals surface area contributed by atoms with Crippen molar-refractivity contribution in [3.8, 4) is 11.5 Å². The van der Waals surface area contributed by atoms with Crippen LogP contribution in [0.2, 0.25) is 0 Å². The zero-order valence-electron chi connectivity index (χ0n) is 29.4. The molecule has 0 radical (unpaired) electrons. The standard InChI is InChI=1S/2C17H29O4P.Ni/c2*1-8-14(22(19,20)21)11-9-12(16(2,3)4)15(18)13(10-11)17(5,6)7;/h2*9-10,14,18H,8H2,1-7H3,(H2,19,20,21);/p-4. The van der Waals surface area contributed by atoms with Crippen molar-refractivity contribution in [3.63, 3.8) is 0 Å². The summed E-state index contributed by atoms with van der Waals surface area (Å²) in [6.07, 6.45) is 0.449. The van der Waals surface area contributed by atoms with Gasteiger partial charge in [-0.3, -0.25) is 0 Å². The molecule has 2 rings (SSSR count). The van der Waals surface area contributed by atoms with Crippen molar-refractivity contribution < 1.29 is 55.4 Å². The van der Waals surface area contributed by atoms with Crippen LogP contribution in [0.5, 0.6) is 11.5 Å². The number of hydrogen-bond acceptors (Lipinski definition) is 8. The molecule has 2 unspecified atom stereocenters. The Kier molecular flexibility index (Phi) is 14.6. The molecule has 0 saturated carbocycles. The van der Waals surface area contributed by atoms with Crippen molar-refractivity contribution in [1.82, 2.24) is 0 Å². The van der Waals surface area contributed by atoms with Crippen LogP contribution in [0.1, 0.15) is 154 Å². The summed E-state index contributed by atoms with van der Waals surface area (Å²) in [4.78, 5) is 46.3. The van der Waals surface area contributed by atoms with E-state index in [1.807, 2.05) is 83.1 Å². The fourth-order valence-corrected chi connectivity index (χ4v) is 7.19. The first-order valence-corrected chi connectivity index (χ1v) is 18.4. The minimum absolute atomic E-state index is 0. The average Bonchev–Trinajstić information content (AvgIpc) is 2.77. The first kappa shape index (κ1) is 43.8. The van der Waals surface area contributed by atoms with Gasteiger partial charge in [0.15, 0.2) is 0 Å². The van der Waals surface area contributed by atoms with Crippen LogP contribution >= 0.6 is 15.2 Å². The Bertz CT molecular complexity index is 1220. The van der Waals surface area contributed by atoms with E-state index >= 15 is 0 Å². The van der Waals surface area contributed by atoms with Gasteiger partial charge < -0.3 is 38.9 Å². The van der Waals surface area contributed by atoms with E-state index in [1.54, 1.807) is 38.1 Å². The van der Waals surface area contributed by atoms with Gasteiger partial charge in [-0.25, -0.2) is 0 Å². The molecule has 2 aromatic rings. The summed E-state index contributed by atoms with van der Waals surface area (Å²) < 4.78 is 23.2. The Morgan fingerprint density at radius 1 is 0.533 bits per heavy atom. The van der Waals surface area contributed by atoms with Gasteiger partial charge in [0.1, 0.15) is 11.5 Å². The second-order valence-electron chi connectivity index (χ2n) is 15.9. The van der Waals surface area contributed by atoms with E-state index in [9.17, 15) is 38.9 Å². The van der Waals surface area contributed by atoms with Crippen molar-refractivity contribution in [2.24, 2.45) is 0 Å². The Morgan fingerprint density at radius 3 is 0.822 bits per heavy atom. The van der Waals surface area contributed by atoms with Gasteiger partial charge >= 0.3 is 0 Å². The first-order valence-electron chi connectivity index (χ1n) is 15.2. The third kappa shape index (κ3) is 11.5. The second kappa shape index (κ2) is 14.9. The van der Waals surface area contributed by atoms with Gasteiger partial charge in [0.2, 0.25) is 0 Å². The molecule has 0 fully saturated rings. The van der Waals surface area contributed by atoms with Gasteiger partial charge in [-0.1, -0.05) is 136 Å². The summed E-state index contributed by atoms with van der Waals surface area (Å²) in [5, 5.41) is 21.2. The molecule has 8 nitrogen and oxygen atoms in total. The van der Waals surface area contributed by atoms with Crippen LogP contribution in [0.3, 0.4) is 0 Å². The molecule has 0 aliphatic carbocycles. The predicted octanol–water partition coefficient (Wildman–Crippen LogP) is 6.70. The van der Waals surface area contributed by atoms with Gasteiger partial charge in [0.25, 0.3) is 0 Å². The first-order chi connectivity index (χ1) is 19.4. The van der Waals surface area contributed by atoms with Gasteiger partial charge in [-0.2, -0.15) is 0 Å². The van der Waals surface area contributed by atoms with E-state index in [4.69, 9.17) is 0 Å². The SMILES string of the molecule is CCC(c1cc(C(C)(C)C)c(O)c(C(C)(C)C)c1)P(=O)([O-])[O-].CCC(c1cc(C(C)(C)C)c(O)c(C(C)(C)C)c1)P(=O)([O-])[O-].[Ni]. The van der Waals surface area contributed by atoms with Gasteiger partial charge in [-0.05, 0) is 67.9 Å². The monoisotopic (exact) mass is 710 g/mol. The average molecular weight is 711 g/mol. The smallest absolute Gasteiger partial charge is 0.123 e. The van der Waals surface area contributed by atoms with E-state index in [0.29, 0.717) is 33.4 Å². The van der Waals surface area contributed by atoms with E-state index in [1.165, 1.54) is 0 Å². The molecule has 0 aliphatic rings.